The summed E-state index contributed by atoms with van der Waals surface area (Å²) >= 11 is 6.04. The van der Waals surface area contributed by atoms with Gasteiger partial charge in [-0.05, 0) is 49.4 Å². The summed E-state index contributed by atoms with van der Waals surface area (Å²) < 4.78 is 13.0. The Morgan fingerprint density at radius 3 is 2.50 bits per heavy atom. The topological polar surface area (TPSA) is 46.3 Å². The molecule has 0 aliphatic rings. The largest absolute Gasteiger partial charge is 0.399 e. The average molecular weight is 293 g/mol. The van der Waals surface area contributed by atoms with Crippen LogP contribution in [0.1, 0.15) is 17.3 Å². The van der Waals surface area contributed by atoms with Crippen molar-refractivity contribution in [3.05, 3.63) is 58.9 Å². The molecule has 5 heteroatoms. The highest BCUT2D eigenvalue weighted by molar-refractivity contribution is 6.34. The van der Waals surface area contributed by atoms with Crippen LogP contribution in [0.25, 0.3) is 0 Å². The van der Waals surface area contributed by atoms with E-state index in [9.17, 15) is 9.18 Å². The number of nitrogens with zero attached hydrogens (tertiary/aromatic N) is 1. The standard InChI is InChI=1S/C15H14ClFN2O/c1-2-19(12-6-3-10(17)4-7-12)15(20)13-9-11(18)5-8-14(13)16/h3-9H,2,18H2,1H3. The lowest BCUT2D eigenvalue weighted by molar-refractivity contribution is 0.0988. The zero-order valence-electron chi connectivity index (χ0n) is 10.9. The van der Waals surface area contributed by atoms with Gasteiger partial charge in [0.1, 0.15) is 5.82 Å². The predicted octanol–water partition coefficient (Wildman–Crippen LogP) is 3.73. The third kappa shape index (κ3) is 2.91. The third-order valence-electron chi connectivity index (χ3n) is 2.92. The first-order valence-corrected chi connectivity index (χ1v) is 6.53. The maximum absolute atomic E-state index is 13.0. The fourth-order valence-electron chi connectivity index (χ4n) is 1.92. The van der Waals surface area contributed by atoms with Gasteiger partial charge in [0.15, 0.2) is 0 Å². The lowest BCUT2D eigenvalue weighted by atomic mass is 10.1. The number of halogens is 2. The van der Waals surface area contributed by atoms with Crippen molar-refractivity contribution in [3.63, 3.8) is 0 Å². The summed E-state index contributed by atoms with van der Waals surface area (Å²) in [5, 5.41) is 0.338. The highest BCUT2D eigenvalue weighted by Gasteiger charge is 2.19. The summed E-state index contributed by atoms with van der Waals surface area (Å²) in [6.45, 7) is 2.27. The van der Waals surface area contributed by atoms with E-state index in [0.717, 1.165) is 0 Å². The minimum atomic E-state index is -0.348. The van der Waals surface area contributed by atoms with Crippen LogP contribution in [0, 0.1) is 5.82 Å². The van der Waals surface area contributed by atoms with Gasteiger partial charge in [-0.2, -0.15) is 0 Å². The number of hydrogen-bond acceptors (Lipinski definition) is 2. The zero-order valence-corrected chi connectivity index (χ0v) is 11.7. The Hall–Kier alpha value is -2.07. The van der Waals surface area contributed by atoms with Gasteiger partial charge in [0.2, 0.25) is 0 Å². The van der Waals surface area contributed by atoms with E-state index in [2.05, 4.69) is 0 Å². The van der Waals surface area contributed by atoms with Gasteiger partial charge in [0.05, 0.1) is 10.6 Å². The Balaban J connectivity index is 2.38. The molecule has 0 unspecified atom stereocenters. The molecule has 1 amide bonds. The summed E-state index contributed by atoms with van der Waals surface area (Å²) in [4.78, 5) is 14.0. The van der Waals surface area contributed by atoms with Gasteiger partial charge in [-0.3, -0.25) is 4.79 Å². The van der Waals surface area contributed by atoms with Crippen molar-refractivity contribution >= 4 is 28.9 Å². The van der Waals surface area contributed by atoms with Gasteiger partial charge in [-0.25, -0.2) is 4.39 Å². The number of anilines is 2. The first kappa shape index (κ1) is 14.3. The third-order valence-corrected chi connectivity index (χ3v) is 3.25. The second kappa shape index (κ2) is 5.92. The number of nitrogen functional groups attached to an aromatic ring is 1. The lowest BCUT2D eigenvalue weighted by Gasteiger charge is -2.21. The Kier molecular flexibility index (Phi) is 4.25. The Morgan fingerprint density at radius 2 is 1.90 bits per heavy atom. The fourth-order valence-corrected chi connectivity index (χ4v) is 2.12. The van der Waals surface area contributed by atoms with E-state index in [1.54, 1.807) is 24.3 Å². The van der Waals surface area contributed by atoms with Gasteiger partial charge in [-0.15, -0.1) is 0 Å². The predicted molar refractivity (Wildman–Crippen MR) is 79.6 cm³/mol. The van der Waals surface area contributed by atoms with E-state index in [4.69, 9.17) is 17.3 Å². The van der Waals surface area contributed by atoms with Gasteiger partial charge < -0.3 is 10.6 Å². The van der Waals surface area contributed by atoms with Crippen LogP contribution in [-0.2, 0) is 0 Å². The van der Waals surface area contributed by atoms with Gasteiger partial charge >= 0.3 is 0 Å². The first-order chi connectivity index (χ1) is 9.52. The number of benzene rings is 2. The Bertz CT molecular complexity index is 628. The molecule has 104 valence electrons. The molecule has 3 nitrogen and oxygen atoms in total. The molecule has 0 saturated heterocycles. The number of rotatable bonds is 3. The molecule has 0 heterocycles. The molecule has 0 atom stereocenters. The summed E-state index contributed by atoms with van der Waals surface area (Å²) in [6, 6.07) is 10.5. The van der Waals surface area contributed by atoms with E-state index in [-0.39, 0.29) is 11.7 Å². The van der Waals surface area contributed by atoms with E-state index >= 15 is 0 Å². The van der Waals surface area contributed by atoms with E-state index in [1.807, 2.05) is 6.92 Å². The molecule has 0 radical (unpaired) electrons. The van der Waals surface area contributed by atoms with Crippen molar-refractivity contribution in [1.29, 1.82) is 0 Å². The maximum atomic E-state index is 13.0. The maximum Gasteiger partial charge on any atom is 0.259 e. The molecule has 2 N–H and O–H groups in total. The van der Waals surface area contributed by atoms with Crippen LogP contribution in [0.2, 0.25) is 5.02 Å². The second-order valence-corrected chi connectivity index (χ2v) is 4.67. The number of hydrogen-bond donors (Lipinski definition) is 1. The van der Waals surface area contributed by atoms with E-state index in [1.165, 1.54) is 23.1 Å². The van der Waals surface area contributed by atoms with Crippen molar-refractivity contribution < 1.29 is 9.18 Å². The van der Waals surface area contributed by atoms with Crippen molar-refractivity contribution in [2.45, 2.75) is 6.92 Å². The van der Waals surface area contributed by atoms with Gasteiger partial charge in [0.25, 0.3) is 5.91 Å². The van der Waals surface area contributed by atoms with E-state index in [0.29, 0.717) is 28.5 Å². The molecule has 2 rings (SSSR count). The molecular formula is C15H14ClFN2O. The number of amides is 1. The molecule has 0 fully saturated rings. The van der Waals surface area contributed by atoms with Crippen molar-refractivity contribution in [1.82, 2.24) is 0 Å². The van der Waals surface area contributed by atoms with Crippen LogP contribution in [0.4, 0.5) is 15.8 Å². The minimum absolute atomic E-state index is 0.267. The normalized spacial score (nSPS) is 10.3. The monoisotopic (exact) mass is 292 g/mol. The molecule has 20 heavy (non-hydrogen) atoms. The molecule has 2 aromatic carbocycles. The number of carbonyl (C=O) groups is 1. The first-order valence-electron chi connectivity index (χ1n) is 6.15. The molecule has 0 aliphatic carbocycles. The molecule has 0 aromatic heterocycles. The second-order valence-electron chi connectivity index (χ2n) is 4.27. The van der Waals surface area contributed by atoms with Crippen LogP contribution in [0.5, 0.6) is 0 Å². The molecule has 0 aliphatic heterocycles. The van der Waals surface area contributed by atoms with Crippen LogP contribution < -0.4 is 10.6 Å². The van der Waals surface area contributed by atoms with Gasteiger partial charge in [0, 0.05) is 17.9 Å². The molecular weight excluding hydrogens is 279 g/mol. The zero-order chi connectivity index (χ0) is 14.7. The Morgan fingerprint density at radius 1 is 1.25 bits per heavy atom. The van der Waals surface area contributed by atoms with Crippen molar-refractivity contribution in [3.8, 4) is 0 Å². The van der Waals surface area contributed by atoms with Crippen LogP contribution in [0.3, 0.4) is 0 Å². The summed E-state index contributed by atoms with van der Waals surface area (Å²) in [7, 11) is 0. The van der Waals surface area contributed by atoms with Crippen LogP contribution in [0.15, 0.2) is 42.5 Å². The van der Waals surface area contributed by atoms with Crippen LogP contribution >= 0.6 is 11.6 Å². The van der Waals surface area contributed by atoms with E-state index < -0.39 is 0 Å². The lowest BCUT2D eigenvalue weighted by Crippen LogP contribution is -2.30. The highest BCUT2D eigenvalue weighted by Crippen LogP contribution is 2.24. The summed E-state index contributed by atoms with van der Waals surface area (Å²) in [5.74, 6) is -0.615. The van der Waals surface area contributed by atoms with Gasteiger partial charge in [-0.1, -0.05) is 11.6 Å². The number of nitrogens with two attached hydrogens (primary N) is 1. The molecule has 0 bridgehead atoms. The smallest absolute Gasteiger partial charge is 0.259 e. The van der Waals surface area contributed by atoms with Crippen molar-refractivity contribution in [2.75, 3.05) is 17.2 Å². The highest BCUT2D eigenvalue weighted by atomic mass is 35.5. The minimum Gasteiger partial charge on any atom is -0.399 e. The fraction of sp³-hybridized carbons (Fsp3) is 0.133. The van der Waals surface area contributed by atoms with Crippen molar-refractivity contribution in [2.24, 2.45) is 0 Å². The quantitative estimate of drug-likeness (QED) is 0.876. The molecule has 2 aromatic rings. The Labute approximate surface area is 121 Å². The average Bonchev–Trinajstić information content (AvgIpc) is 2.44. The number of carbonyl (C=O) groups excluding carboxylic acids is 1. The molecule has 0 saturated carbocycles. The SMILES string of the molecule is CCN(C(=O)c1cc(N)ccc1Cl)c1ccc(F)cc1. The molecule has 0 spiro atoms. The van der Waals surface area contributed by atoms with Crippen LogP contribution in [-0.4, -0.2) is 12.5 Å². The summed E-state index contributed by atoms with van der Waals surface area (Å²) in [6.07, 6.45) is 0. The summed E-state index contributed by atoms with van der Waals surface area (Å²) in [5.41, 5.74) is 7.09.